The van der Waals surface area contributed by atoms with Crippen LogP contribution in [0.3, 0.4) is 0 Å². The minimum Gasteiger partial charge on any atom is -0.454 e. The number of aromatic nitrogens is 1. The van der Waals surface area contributed by atoms with Gasteiger partial charge in [-0.15, -0.1) is 0 Å². The Labute approximate surface area is 404 Å². The Bertz CT molecular complexity index is 4650. The SMILES string of the molecule is Fc1ccccc1N(c1ccc2cc3c4ccc(N(c5ccccc5F)c5cccc6c5oc5ccccc56)cc4n4c5ccc(-c6ccccc6)cc5c(c2c1)c34)c1cccc2c1oc1ccccc12. The largest absolute Gasteiger partial charge is 0.454 e. The molecule has 334 valence electrons. The van der Waals surface area contributed by atoms with E-state index in [0.29, 0.717) is 22.5 Å². The fourth-order valence-electron chi connectivity index (χ4n) is 11.3. The number of furan rings is 2. The molecule has 0 N–H and O–H groups in total. The van der Waals surface area contributed by atoms with Crippen molar-refractivity contribution in [3.8, 4) is 11.1 Å². The van der Waals surface area contributed by atoms with Gasteiger partial charge in [-0.05, 0) is 113 Å². The van der Waals surface area contributed by atoms with Crippen LogP contribution in [0.2, 0.25) is 0 Å². The summed E-state index contributed by atoms with van der Waals surface area (Å²) in [7, 11) is 0. The fourth-order valence-corrected chi connectivity index (χ4v) is 11.3. The van der Waals surface area contributed by atoms with Crippen molar-refractivity contribution in [2.45, 2.75) is 0 Å². The first-order valence-electron chi connectivity index (χ1n) is 23.7. The molecule has 11 aromatic carbocycles. The highest BCUT2D eigenvalue weighted by Crippen LogP contribution is 2.50. The smallest absolute Gasteiger partial charge is 0.159 e. The first kappa shape index (κ1) is 39.5. The number of benzene rings is 11. The highest BCUT2D eigenvalue weighted by atomic mass is 19.1. The third-order valence-electron chi connectivity index (χ3n) is 14.4. The molecule has 71 heavy (non-hydrogen) atoms. The molecule has 5 nitrogen and oxygen atoms in total. The van der Waals surface area contributed by atoms with Crippen molar-refractivity contribution < 1.29 is 17.6 Å². The normalized spacial score (nSPS) is 12.1. The third kappa shape index (κ3) is 5.77. The molecule has 0 aliphatic carbocycles. The molecular formula is C64H37F2N3O2. The predicted octanol–water partition coefficient (Wildman–Crippen LogP) is 18.7. The Morgan fingerprint density at radius 1 is 0.338 bits per heavy atom. The zero-order valence-electron chi connectivity index (χ0n) is 37.8. The summed E-state index contributed by atoms with van der Waals surface area (Å²) in [4.78, 5) is 3.96. The predicted molar refractivity (Wildman–Crippen MR) is 288 cm³/mol. The second-order valence-electron chi connectivity index (χ2n) is 18.3. The van der Waals surface area contributed by atoms with Crippen LogP contribution in [0.25, 0.3) is 104 Å². The van der Waals surface area contributed by atoms with Gasteiger partial charge < -0.3 is 23.0 Å². The first-order valence-corrected chi connectivity index (χ1v) is 23.7. The topological polar surface area (TPSA) is 37.2 Å². The van der Waals surface area contributed by atoms with E-state index in [1.807, 2.05) is 101 Å². The Hall–Kier alpha value is -9.46. The standard InChI is InChI=1S/C64H37F2N3O2/c65-51-20-6-8-22-54(51)67(56-24-12-18-46-44-16-4-10-26-59(44)70-63(46)56)41-30-28-40-35-49-43-32-31-42(68(55-23-9-7-21-52(55)66)57-25-13-19-47-45-17-5-11-27-60(45)71-64(47)57)37-58(43)69-53-33-29-39(38-14-2-1-3-15-38)34-50(53)61(62(49)69)48(40)36-41/h1-37H. The van der Waals surface area contributed by atoms with Crippen molar-refractivity contribution in [2.75, 3.05) is 9.80 Å². The zero-order chi connectivity index (χ0) is 46.9. The van der Waals surface area contributed by atoms with Gasteiger partial charge in [-0.2, -0.15) is 0 Å². The van der Waals surface area contributed by atoms with Crippen molar-refractivity contribution in [1.29, 1.82) is 0 Å². The lowest BCUT2D eigenvalue weighted by Crippen LogP contribution is -2.12. The summed E-state index contributed by atoms with van der Waals surface area (Å²) in [5, 5.41) is 10.3. The van der Waals surface area contributed by atoms with E-state index in [4.69, 9.17) is 8.83 Å². The van der Waals surface area contributed by atoms with Gasteiger partial charge in [-0.1, -0.05) is 133 Å². The maximum Gasteiger partial charge on any atom is 0.159 e. The third-order valence-corrected chi connectivity index (χ3v) is 14.4. The van der Waals surface area contributed by atoms with Crippen LogP contribution in [-0.4, -0.2) is 4.40 Å². The second-order valence-corrected chi connectivity index (χ2v) is 18.3. The molecule has 0 unspecified atom stereocenters. The molecule has 7 heteroatoms. The lowest BCUT2D eigenvalue weighted by atomic mass is 9.97. The van der Waals surface area contributed by atoms with Gasteiger partial charge in [0.25, 0.3) is 0 Å². The van der Waals surface area contributed by atoms with E-state index in [1.165, 1.54) is 12.1 Å². The Morgan fingerprint density at radius 2 is 0.887 bits per heavy atom. The molecule has 0 amide bonds. The van der Waals surface area contributed by atoms with Gasteiger partial charge in [-0.25, -0.2) is 8.78 Å². The summed E-state index contributed by atoms with van der Waals surface area (Å²) >= 11 is 0. The molecule has 0 aliphatic rings. The van der Waals surface area contributed by atoms with Crippen molar-refractivity contribution in [2.24, 2.45) is 0 Å². The number of hydrogen-bond acceptors (Lipinski definition) is 4. The number of hydrogen-bond donors (Lipinski definition) is 0. The lowest BCUT2D eigenvalue weighted by molar-refractivity contribution is 0.628. The molecule has 0 bridgehead atoms. The van der Waals surface area contributed by atoms with Gasteiger partial charge in [-0.3, -0.25) is 0 Å². The summed E-state index contributed by atoms with van der Waals surface area (Å²) < 4.78 is 48.3. The monoisotopic (exact) mass is 917 g/mol. The highest BCUT2D eigenvalue weighted by Gasteiger charge is 2.27. The van der Waals surface area contributed by atoms with E-state index in [-0.39, 0.29) is 11.6 Å². The zero-order valence-corrected chi connectivity index (χ0v) is 37.8. The fraction of sp³-hybridized carbons (Fsp3) is 0. The molecule has 0 spiro atoms. The van der Waals surface area contributed by atoms with Crippen LogP contribution in [0.15, 0.2) is 233 Å². The molecule has 0 aliphatic heterocycles. The van der Waals surface area contributed by atoms with Crippen LogP contribution in [0.1, 0.15) is 0 Å². The average Bonchev–Trinajstić information content (AvgIpc) is 4.18. The highest BCUT2D eigenvalue weighted by molar-refractivity contribution is 6.32. The molecule has 15 aromatic rings. The molecule has 0 fully saturated rings. The van der Waals surface area contributed by atoms with Crippen molar-refractivity contribution in [3.63, 3.8) is 0 Å². The van der Waals surface area contributed by atoms with Crippen LogP contribution in [-0.2, 0) is 0 Å². The van der Waals surface area contributed by atoms with E-state index >= 15 is 8.78 Å². The maximum absolute atomic E-state index is 16.4. The van der Waals surface area contributed by atoms with E-state index in [1.54, 1.807) is 12.1 Å². The Morgan fingerprint density at radius 3 is 1.54 bits per heavy atom. The maximum atomic E-state index is 16.4. The summed E-state index contributed by atoms with van der Waals surface area (Å²) in [5.41, 5.74) is 12.0. The number of fused-ring (bicyclic) bond motifs is 14. The van der Waals surface area contributed by atoms with Crippen LogP contribution in [0.5, 0.6) is 0 Å². The number of anilines is 6. The van der Waals surface area contributed by atoms with Gasteiger partial charge in [0.2, 0.25) is 0 Å². The average molecular weight is 918 g/mol. The molecule has 4 aromatic heterocycles. The van der Waals surface area contributed by atoms with E-state index in [9.17, 15) is 0 Å². The van der Waals surface area contributed by atoms with Crippen LogP contribution < -0.4 is 9.80 Å². The van der Waals surface area contributed by atoms with Crippen LogP contribution in [0, 0.1) is 11.6 Å². The van der Waals surface area contributed by atoms with E-state index < -0.39 is 0 Å². The number of nitrogens with zero attached hydrogens (tertiary/aromatic N) is 3. The number of halogens is 2. The summed E-state index contributed by atoms with van der Waals surface area (Å²) in [6.45, 7) is 0. The van der Waals surface area contributed by atoms with E-state index in [2.05, 4.69) is 114 Å². The van der Waals surface area contributed by atoms with Gasteiger partial charge >= 0.3 is 0 Å². The molecular weight excluding hydrogens is 881 g/mol. The number of para-hydroxylation sites is 6. The molecule has 0 atom stereocenters. The van der Waals surface area contributed by atoms with Crippen molar-refractivity contribution in [3.05, 3.63) is 236 Å². The van der Waals surface area contributed by atoms with Gasteiger partial charge in [0.1, 0.15) is 22.8 Å². The first-order chi connectivity index (χ1) is 35.1. The summed E-state index contributed by atoms with van der Waals surface area (Å²) in [6, 6.07) is 74.2. The second kappa shape index (κ2) is 15.0. The Kier molecular flexibility index (Phi) is 8.36. The molecule has 0 radical (unpaired) electrons. The van der Waals surface area contributed by atoms with Crippen molar-refractivity contribution >= 4 is 127 Å². The Balaban J connectivity index is 1.02. The minimum atomic E-state index is -0.352. The van der Waals surface area contributed by atoms with Crippen molar-refractivity contribution in [1.82, 2.24) is 4.40 Å². The summed E-state index contributed by atoms with van der Waals surface area (Å²) in [6.07, 6.45) is 0. The van der Waals surface area contributed by atoms with Gasteiger partial charge in [0, 0.05) is 54.5 Å². The number of rotatable bonds is 7. The molecule has 15 rings (SSSR count). The molecule has 4 heterocycles. The van der Waals surface area contributed by atoms with E-state index in [0.717, 1.165) is 115 Å². The van der Waals surface area contributed by atoms with Crippen LogP contribution in [0.4, 0.5) is 42.9 Å². The van der Waals surface area contributed by atoms with Crippen LogP contribution >= 0.6 is 0 Å². The molecule has 0 saturated heterocycles. The quantitative estimate of drug-likeness (QED) is 0.160. The lowest BCUT2D eigenvalue weighted by Gasteiger charge is -2.26. The molecule has 0 saturated carbocycles. The van der Waals surface area contributed by atoms with Gasteiger partial charge in [0.05, 0.1) is 39.3 Å². The summed E-state index contributed by atoms with van der Waals surface area (Å²) in [5.74, 6) is -0.704. The van der Waals surface area contributed by atoms with Gasteiger partial charge in [0.15, 0.2) is 11.2 Å². The minimum absolute atomic E-state index is 0.351.